The second kappa shape index (κ2) is 6.55. The monoisotopic (exact) mass is 269 g/mol. The zero-order valence-corrected chi connectivity index (χ0v) is 11.1. The van der Waals surface area contributed by atoms with Crippen LogP contribution in [0.4, 0.5) is 0 Å². The second-order valence-corrected chi connectivity index (χ2v) is 4.23. The number of nitrogens with one attached hydrogen (secondary N) is 2. The molecule has 0 fully saturated rings. The average Bonchev–Trinajstić information content (AvgIpc) is 2.97. The van der Waals surface area contributed by atoms with Gasteiger partial charge in [-0.05, 0) is 24.6 Å². The minimum Gasteiger partial charge on any atom is -0.384 e. The van der Waals surface area contributed by atoms with E-state index in [1.165, 1.54) is 0 Å². The number of carbonyl (C=O) groups is 1. The number of hydrogen-bond acceptors (Lipinski definition) is 3. The van der Waals surface area contributed by atoms with Gasteiger partial charge in [-0.2, -0.15) is 5.10 Å². The minimum absolute atomic E-state index is 0.156. The number of aliphatic hydroxyl groups is 1. The molecule has 0 aliphatic heterocycles. The molecule has 0 spiro atoms. The van der Waals surface area contributed by atoms with Crippen LogP contribution in [0, 0.1) is 18.8 Å². The quantitative estimate of drug-likeness (QED) is 0.727. The molecule has 0 bridgehead atoms. The SMILES string of the molecule is Cc1c(C#CCO)cccc1C(=O)NCc1cn[nH]c1. The summed E-state index contributed by atoms with van der Waals surface area (Å²) in [5, 5.41) is 18.1. The molecule has 2 rings (SSSR count). The Kier molecular flexibility index (Phi) is 4.53. The fourth-order valence-corrected chi connectivity index (χ4v) is 1.80. The molecule has 3 N–H and O–H groups in total. The Morgan fingerprint density at radius 3 is 3.05 bits per heavy atom. The highest BCUT2D eigenvalue weighted by Gasteiger charge is 2.10. The predicted octanol–water partition coefficient (Wildman–Crippen LogP) is 0.992. The summed E-state index contributed by atoms with van der Waals surface area (Å²) in [7, 11) is 0. The van der Waals surface area contributed by atoms with Gasteiger partial charge in [0.15, 0.2) is 0 Å². The largest absolute Gasteiger partial charge is 0.384 e. The molecule has 0 aliphatic rings. The molecule has 0 atom stereocenters. The summed E-state index contributed by atoms with van der Waals surface area (Å²) >= 11 is 0. The highest BCUT2D eigenvalue weighted by atomic mass is 16.2. The Balaban J connectivity index is 2.13. The van der Waals surface area contributed by atoms with Crippen LogP contribution >= 0.6 is 0 Å². The average molecular weight is 269 g/mol. The van der Waals surface area contributed by atoms with Gasteiger partial charge in [0.25, 0.3) is 5.91 Å². The van der Waals surface area contributed by atoms with Crippen LogP contribution in [0.2, 0.25) is 0 Å². The van der Waals surface area contributed by atoms with Gasteiger partial charge in [-0.15, -0.1) is 0 Å². The van der Waals surface area contributed by atoms with Crippen molar-refractivity contribution in [2.45, 2.75) is 13.5 Å². The van der Waals surface area contributed by atoms with E-state index in [0.717, 1.165) is 16.7 Å². The lowest BCUT2D eigenvalue weighted by Gasteiger charge is -2.08. The van der Waals surface area contributed by atoms with Crippen LogP contribution in [0.3, 0.4) is 0 Å². The molecule has 20 heavy (non-hydrogen) atoms. The maximum atomic E-state index is 12.1. The lowest BCUT2D eigenvalue weighted by molar-refractivity contribution is 0.0950. The van der Waals surface area contributed by atoms with Crippen LogP contribution in [0.5, 0.6) is 0 Å². The fraction of sp³-hybridized carbons (Fsp3) is 0.200. The first-order chi connectivity index (χ1) is 9.72. The molecule has 1 heterocycles. The van der Waals surface area contributed by atoms with Crippen molar-refractivity contribution in [1.82, 2.24) is 15.5 Å². The van der Waals surface area contributed by atoms with Crippen LogP contribution in [-0.4, -0.2) is 27.8 Å². The number of aromatic nitrogens is 2. The van der Waals surface area contributed by atoms with Crippen molar-refractivity contribution < 1.29 is 9.90 Å². The fourth-order valence-electron chi connectivity index (χ4n) is 1.80. The van der Waals surface area contributed by atoms with Crippen molar-refractivity contribution in [3.8, 4) is 11.8 Å². The highest BCUT2D eigenvalue weighted by molar-refractivity contribution is 5.96. The summed E-state index contributed by atoms with van der Waals surface area (Å²) in [4.78, 5) is 12.1. The van der Waals surface area contributed by atoms with Gasteiger partial charge in [-0.3, -0.25) is 9.89 Å². The van der Waals surface area contributed by atoms with Crippen molar-refractivity contribution >= 4 is 5.91 Å². The lowest BCUT2D eigenvalue weighted by atomic mass is 10.0. The van der Waals surface area contributed by atoms with Gasteiger partial charge in [0.1, 0.15) is 6.61 Å². The lowest BCUT2D eigenvalue weighted by Crippen LogP contribution is -2.23. The van der Waals surface area contributed by atoms with E-state index in [1.54, 1.807) is 24.5 Å². The molecule has 1 amide bonds. The summed E-state index contributed by atoms with van der Waals surface area (Å²) in [5.41, 5.74) is 3.04. The molecule has 0 radical (unpaired) electrons. The van der Waals surface area contributed by atoms with Crippen LogP contribution in [0.25, 0.3) is 0 Å². The van der Waals surface area contributed by atoms with E-state index in [2.05, 4.69) is 27.4 Å². The number of hydrogen-bond donors (Lipinski definition) is 3. The second-order valence-electron chi connectivity index (χ2n) is 4.23. The van der Waals surface area contributed by atoms with Gasteiger partial charge in [0.2, 0.25) is 0 Å². The van der Waals surface area contributed by atoms with Crippen molar-refractivity contribution in [2.24, 2.45) is 0 Å². The van der Waals surface area contributed by atoms with Gasteiger partial charge in [-0.1, -0.05) is 17.9 Å². The van der Waals surface area contributed by atoms with Gasteiger partial charge in [0.05, 0.1) is 6.20 Å². The summed E-state index contributed by atoms with van der Waals surface area (Å²) in [5.74, 6) is 5.26. The van der Waals surface area contributed by atoms with E-state index in [-0.39, 0.29) is 12.5 Å². The molecule has 1 aromatic carbocycles. The molecular formula is C15H15N3O2. The van der Waals surface area contributed by atoms with Crippen LogP contribution in [0.15, 0.2) is 30.6 Å². The normalized spacial score (nSPS) is 9.70. The Labute approximate surface area is 117 Å². The van der Waals surface area contributed by atoms with Crippen LogP contribution in [-0.2, 0) is 6.54 Å². The minimum atomic E-state index is -0.198. The number of nitrogens with zero attached hydrogens (tertiary/aromatic N) is 1. The number of aliphatic hydroxyl groups excluding tert-OH is 1. The number of rotatable bonds is 3. The Morgan fingerprint density at radius 1 is 1.50 bits per heavy atom. The van der Waals surface area contributed by atoms with Crippen molar-refractivity contribution in [2.75, 3.05) is 6.61 Å². The van der Waals surface area contributed by atoms with Crippen molar-refractivity contribution in [3.63, 3.8) is 0 Å². The van der Waals surface area contributed by atoms with Gasteiger partial charge in [-0.25, -0.2) is 0 Å². The molecule has 2 aromatic rings. The molecule has 1 aromatic heterocycles. The molecular weight excluding hydrogens is 254 g/mol. The zero-order valence-electron chi connectivity index (χ0n) is 11.1. The van der Waals surface area contributed by atoms with E-state index in [1.807, 2.05) is 13.0 Å². The molecule has 0 unspecified atom stereocenters. The maximum Gasteiger partial charge on any atom is 0.251 e. The number of H-pyrrole nitrogens is 1. The van der Waals surface area contributed by atoms with E-state index < -0.39 is 0 Å². The molecule has 5 heteroatoms. The van der Waals surface area contributed by atoms with Gasteiger partial charge < -0.3 is 10.4 Å². The van der Waals surface area contributed by atoms with E-state index in [4.69, 9.17) is 5.11 Å². The molecule has 0 saturated carbocycles. The standard InChI is InChI=1S/C15H15N3O2/c1-11-13(5-3-7-19)4-2-6-14(11)15(20)16-8-12-9-17-18-10-12/h2,4,6,9-10,19H,7-8H2,1H3,(H,16,20)(H,17,18). The molecule has 0 aliphatic carbocycles. The van der Waals surface area contributed by atoms with Gasteiger partial charge >= 0.3 is 0 Å². The first-order valence-corrected chi connectivity index (χ1v) is 6.17. The number of carbonyl (C=O) groups excluding carboxylic acids is 1. The number of benzene rings is 1. The zero-order chi connectivity index (χ0) is 14.4. The van der Waals surface area contributed by atoms with Crippen molar-refractivity contribution in [3.05, 3.63) is 52.8 Å². The van der Waals surface area contributed by atoms with Crippen molar-refractivity contribution in [1.29, 1.82) is 0 Å². The highest BCUT2D eigenvalue weighted by Crippen LogP contribution is 2.13. The summed E-state index contributed by atoms with van der Waals surface area (Å²) in [6.45, 7) is 2.06. The molecule has 102 valence electrons. The Hall–Kier alpha value is -2.58. The topological polar surface area (TPSA) is 78.0 Å². The first kappa shape index (κ1) is 13.8. The van der Waals surface area contributed by atoms with Gasteiger partial charge in [0, 0.05) is 29.4 Å². The third kappa shape index (κ3) is 3.25. The van der Waals surface area contributed by atoms with E-state index in [0.29, 0.717) is 12.1 Å². The van der Waals surface area contributed by atoms with E-state index >= 15 is 0 Å². The first-order valence-electron chi connectivity index (χ1n) is 6.17. The van der Waals surface area contributed by atoms with Crippen LogP contribution in [0.1, 0.15) is 27.0 Å². The van der Waals surface area contributed by atoms with E-state index in [9.17, 15) is 4.79 Å². The Morgan fingerprint density at radius 2 is 2.35 bits per heavy atom. The van der Waals surface area contributed by atoms with Crippen LogP contribution < -0.4 is 5.32 Å². The Bertz CT molecular complexity index is 651. The molecule has 0 saturated heterocycles. The summed E-state index contributed by atoms with van der Waals surface area (Å²) in [6, 6.07) is 5.36. The molecule has 5 nitrogen and oxygen atoms in total. The predicted molar refractivity (Wildman–Crippen MR) is 74.9 cm³/mol. The number of aromatic amines is 1. The number of amides is 1. The summed E-state index contributed by atoms with van der Waals surface area (Å²) in [6.07, 6.45) is 3.40. The maximum absolute atomic E-state index is 12.1. The smallest absolute Gasteiger partial charge is 0.251 e. The third-order valence-electron chi connectivity index (χ3n) is 2.89. The third-order valence-corrected chi connectivity index (χ3v) is 2.89. The summed E-state index contributed by atoms with van der Waals surface area (Å²) < 4.78 is 0.